The van der Waals surface area contributed by atoms with Gasteiger partial charge in [-0.3, -0.25) is 4.79 Å². The normalized spacial score (nSPS) is 21.6. The predicted molar refractivity (Wildman–Crippen MR) is 70.4 cm³/mol. The molecule has 0 bridgehead atoms. The highest BCUT2D eigenvalue weighted by atomic mass is 79.9. The number of benzene rings is 1. The number of nitrogens with one attached hydrogen (secondary N) is 1. The van der Waals surface area contributed by atoms with Gasteiger partial charge in [-0.05, 0) is 36.6 Å². The first kappa shape index (κ1) is 10.7. The lowest BCUT2D eigenvalue weighted by atomic mass is 10.2. The van der Waals surface area contributed by atoms with E-state index < -0.39 is 0 Å². The summed E-state index contributed by atoms with van der Waals surface area (Å²) in [5, 5.41) is 2.83. The number of nitrogens with zero attached hydrogens (tertiary/aromatic N) is 1. The van der Waals surface area contributed by atoms with Gasteiger partial charge in [-0.1, -0.05) is 28.1 Å². The lowest BCUT2D eigenvalue weighted by molar-refractivity contribution is -0.115. The molecule has 2 aliphatic rings. The summed E-state index contributed by atoms with van der Waals surface area (Å²) in [6, 6.07) is 7.81. The van der Waals surface area contributed by atoms with Gasteiger partial charge in [0.25, 0.3) is 5.91 Å². The minimum atomic E-state index is -0.0881. The zero-order valence-electron chi connectivity index (χ0n) is 9.11. The second-order valence-corrected chi connectivity index (χ2v) is 5.22. The molecule has 0 unspecified atom stereocenters. The lowest BCUT2D eigenvalue weighted by Gasteiger charge is -1.95. The second kappa shape index (κ2) is 4.11. The molecule has 1 aromatic rings. The number of aliphatic imine (C=N–C) groups is 1. The van der Waals surface area contributed by atoms with Crippen LogP contribution in [0, 0.1) is 5.92 Å². The quantitative estimate of drug-likeness (QED) is 0.836. The maximum Gasteiger partial charge on any atom is 0.275 e. The summed E-state index contributed by atoms with van der Waals surface area (Å²) in [4.78, 5) is 16.0. The Labute approximate surface area is 108 Å². The zero-order chi connectivity index (χ0) is 11.8. The molecule has 0 atom stereocenters. The second-order valence-electron chi connectivity index (χ2n) is 4.31. The molecule has 0 spiro atoms. The largest absolute Gasteiger partial charge is 0.308 e. The van der Waals surface area contributed by atoms with Gasteiger partial charge < -0.3 is 5.32 Å². The van der Waals surface area contributed by atoms with E-state index >= 15 is 0 Å². The van der Waals surface area contributed by atoms with E-state index in [0.717, 1.165) is 28.7 Å². The van der Waals surface area contributed by atoms with Crippen molar-refractivity contribution < 1.29 is 4.79 Å². The zero-order valence-corrected chi connectivity index (χ0v) is 10.7. The molecule has 1 aliphatic heterocycles. The van der Waals surface area contributed by atoms with Crippen LogP contribution in [0.25, 0.3) is 6.08 Å². The van der Waals surface area contributed by atoms with Crippen LogP contribution >= 0.6 is 15.9 Å². The van der Waals surface area contributed by atoms with Gasteiger partial charge in [0, 0.05) is 10.4 Å². The number of amidine groups is 1. The van der Waals surface area contributed by atoms with Crippen molar-refractivity contribution in [2.75, 3.05) is 0 Å². The first-order chi connectivity index (χ1) is 8.22. The fourth-order valence-corrected chi connectivity index (χ4v) is 2.02. The molecule has 3 rings (SSSR count). The summed E-state index contributed by atoms with van der Waals surface area (Å²) >= 11 is 3.38. The van der Waals surface area contributed by atoms with E-state index in [9.17, 15) is 4.79 Å². The standard InChI is InChI=1S/C13H11BrN2O/c14-10-5-1-8(2-6-10)7-11-13(17)16-12(15-11)9-3-4-9/h1-2,5-7,9H,3-4H2,(H,15,16,17)/b11-7+. The van der Waals surface area contributed by atoms with Crippen molar-refractivity contribution in [3.8, 4) is 0 Å². The molecule has 3 nitrogen and oxygen atoms in total. The Morgan fingerprint density at radius 3 is 2.65 bits per heavy atom. The highest BCUT2D eigenvalue weighted by Gasteiger charge is 2.33. The van der Waals surface area contributed by atoms with Crippen LogP contribution in [0.15, 0.2) is 39.4 Å². The van der Waals surface area contributed by atoms with Gasteiger partial charge in [0.1, 0.15) is 11.5 Å². The molecule has 1 aromatic carbocycles. The summed E-state index contributed by atoms with van der Waals surface area (Å²) < 4.78 is 1.03. The summed E-state index contributed by atoms with van der Waals surface area (Å²) in [5.74, 6) is 1.24. The van der Waals surface area contributed by atoms with Crippen LogP contribution in [0.5, 0.6) is 0 Å². The molecular formula is C13H11BrN2O. The Balaban J connectivity index is 1.87. The number of rotatable bonds is 2. The van der Waals surface area contributed by atoms with E-state index in [-0.39, 0.29) is 5.91 Å². The van der Waals surface area contributed by atoms with Crippen LogP contribution in [0.2, 0.25) is 0 Å². The molecule has 17 heavy (non-hydrogen) atoms. The van der Waals surface area contributed by atoms with E-state index in [0.29, 0.717) is 11.6 Å². The molecular weight excluding hydrogens is 280 g/mol. The highest BCUT2D eigenvalue weighted by molar-refractivity contribution is 9.10. The molecule has 4 heteroatoms. The number of amides is 1. The molecule has 1 N–H and O–H groups in total. The fraction of sp³-hybridized carbons (Fsp3) is 0.231. The Morgan fingerprint density at radius 1 is 1.29 bits per heavy atom. The number of hydrogen-bond acceptors (Lipinski definition) is 2. The Kier molecular flexibility index (Phi) is 2.59. The van der Waals surface area contributed by atoms with Crippen LogP contribution in [0.4, 0.5) is 0 Å². The molecule has 0 saturated heterocycles. The van der Waals surface area contributed by atoms with E-state index in [2.05, 4.69) is 26.2 Å². The predicted octanol–water partition coefficient (Wildman–Crippen LogP) is 2.73. The van der Waals surface area contributed by atoms with Crippen LogP contribution in [-0.2, 0) is 4.79 Å². The van der Waals surface area contributed by atoms with E-state index in [1.54, 1.807) is 0 Å². The molecule has 1 amide bonds. The number of hydrogen-bond donors (Lipinski definition) is 1. The average molecular weight is 291 g/mol. The van der Waals surface area contributed by atoms with E-state index in [4.69, 9.17) is 0 Å². The lowest BCUT2D eigenvalue weighted by Crippen LogP contribution is -2.25. The minimum Gasteiger partial charge on any atom is -0.308 e. The van der Waals surface area contributed by atoms with Crippen molar-refractivity contribution in [1.29, 1.82) is 0 Å². The van der Waals surface area contributed by atoms with Crippen LogP contribution in [0.1, 0.15) is 18.4 Å². The van der Waals surface area contributed by atoms with E-state index in [1.165, 1.54) is 0 Å². The van der Waals surface area contributed by atoms with Gasteiger partial charge in [-0.2, -0.15) is 0 Å². The van der Waals surface area contributed by atoms with Crippen LogP contribution in [-0.4, -0.2) is 11.7 Å². The molecule has 0 aromatic heterocycles. The fourth-order valence-electron chi connectivity index (χ4n) is 1.75. The van der Waals surface area contributed by atoms with Crippen LogP contribution < -0.4 is 5.32 Å². The topological polar surface area (TPSA) is 41.5 Å². The third kappa shape index (κ3) is 2.31. The summed E-state index contributed by atoms with van der Waals surface area (Å²) in [6.45, 7) is 0. The van der Waals surface area contributed by atoms with E-state index in [1.807, 2.05) is 30.3 Å². The van der Waals surface area contributed by atoms with Crippen molar-refractivity contribution >= 4 is 33.7 Å². The monoisotopic (exact) mass is 290 g/mol. The first-order valence-electron chi connectivity index (χ1n) is 5.59. The smallest absolute Gasteiger partial charge is 0.275 e. The number of carbonyl (C=O) groups is 1. The highest BCUT2D eigenvalue weighted by Crippen LogP contribution is 2.32. The molecule has 1 fully saturated rings. The molecule has 1 saturated carbocycles. The van der Waals surface area contributed by atoms with Crippen molar-refractivity contribution in [3.05, 3.63) is 40.0 Å². The van der Waals surface area contributed by atoms with Gasteiger partial charge in [0.2, 0.25) is 0 Å². The first-order valence-corrected chi connectivity index (χ1v) is 6.39. The Morgan fingerprint density at radius 2 is 2.00 bits per heavy atom. The molecule has 1 heterocycles. The van der Waals surface area contributed by atoms with Gasteiger partial charge in [0.15, 0.2) is 0 Å². The van der Waals surface area contributed by atoms with Crippen molar-refractivity contribution in [3.63, 3.8) is 0 Å². The third-order valence-electron chi connectivity index (χ3n) is 2.85. The van der Waals surface area contributed by atoms with Gasteiger partial charge in [-0.25, -0.2) is 4.99 Å². The number of halogens is 1. The van der Waals surface area contributed by atoms with Crippen molar-refractivity contribution in [1.82, 2.24) is 5.32 Å². The average Bonchev–Trinajstić information content (AvgIpc) is 3.09. The third-order valence-corrected chi connectivity index (χ3v) is 3.38. The summed E-state index contributed by atoms with van der Waals surface area (Å²) in [5.41, 5.74) is 1.49. The molecule has 86 valence electrons. The van der Waals surface area contributed by atoms with Crippen molar-refractivity contribution in [2.45, 2.75) is 12.8 Å². The molecule has 1 aliphatic carbocycles. The van der Waals surface area contributed by atoms with Gasteiger partial charge >= 0.3 is 0 Å². The summed E-state index contributed by atoms with van der Waals surface area (Å²) in [6.07, 6.45) is 4.10. The van der Waals surface area contributed by atoms with Crippen LogP contribution in [0.3, 0.4) is 0 Å². The molecule has 0 radical (unpaired) electrons. The SMILES string of the molecule is O=C1NC(C2CC2)=N/C1=C/c1ccc(Br)cc1. The number of carbonyl (C=O) groups excluding carboxylic acids is 1. The Hall–Kier alpha value is -1.42. The van der Waals surface area contributed by atoms with Gasteiger partial charge in [0.05, 0.1) is 0 Å². The van der Waals surface area contributed by atoms with Crippen molar-refractivity contribution in [2.24, 2.45) is 10.9 Å². The van der Waals surface area contributed by atoms with Gasteiger partial charge in [-0.15, -0.1) is 0 Å². The minimum absolute atomic E-state index is 0.0881. The summed E-state index contributed by atoms with van der Waals surface area (Å²) in [7, 11) is 0. The Bertz CT molecular complexity index is 527. The maximum absolute atomic E-state index is 11.7. The maximum atomic E-state index is 11.7.